The van der Waals surface area contributed by atoms with Crippen LogP contribution in [-0.4, -0.2) is 30.2 Å². The highest BCUT2D eigenvalue weighted by molar-refractivity contribution is 5.81. The van der Waals surface area contributed by atoms with Crippen LogP contribution in [0, 0.1) is 0 Å². The number of hydrogen-bond donors (Lipinski definition) is 3. The quantitative estimate of drug-likeness (QED) is 0.499. The molecular weight excluding hydrogens is 192 g/mol. The molecular formula is C11H24N2O2. The van der Waals surface area contributed by atoms with Gasteiger partial charge in [0, 0.05) is 13.2 Å². The summed E-state index contributed by atoms with van der Waals surface area (Å²) in [6.07, 6.45) is 5.49. The molecule has 0 heterocycles. The third kappa shape index (κ3) is 8.39. The minimum Gasteiger partial charge on any atom is -0.396 e. The number of hydrogen-bond acceptors (Lipinski definition) is 3. The summed E-state index contributed by atoms with van der Waals surface area (Å²) in [5.41, 5.74) is 5.69. The van der Waals surface area contributed by atoms with Gasteiger partial charge in [-0.1, -0.05) is 19.8 Å². The van der Waals surface area contributed by atoms with E-state index in [0.29, 0.717) is 6.54 Å². The molecule has 15 heavy (non-hydrogen) atoms. The third-order valence-corrected chi connectivity index (χ3v) is 2.34. The van der Waals surface area contributed by atoms with Crippen LogP contribution in [-0.2, 0) is 4.79 Å². The van der Waals surface area contributed by atoms with Gasteiger partial charge in [-0.3, -0.25) is 4.79 Å². The van der Waals surface area contributed by atoms with Crippen molar-refractivity contribution in [3.63, 3.8) is 0 Å². The zero-order chi connectivity index (χ0) is 11.5. The Labute approximate surface area is 92.2 Å². The Kier molecular flexibility index (Phi) is 9.52. The molecule has 4 N–H and O–H groups in total. The van der Waals surface area contributed by atoms with Crippen molar-refractivity contribution in [1.29, 1.82) is 0 Å². The Hall–Kier alpha value is -0.610. The third-order valence-electron chi connectivity index (χ3n) is 2.34. The Morgan fingerprint density at radius 1 is 1.33 bits per heavy atom. The number of unbranched alkanes of at least 4 members (excludes halogenated alkanes) is 3. The number of amides is 1. The van der Waals surface area contributed by atoms with E-state index in [2.05, 4.69) is 12.2 Å². The molecule has 0 aromatic rings. The number of nitrogens with one attached hydrogen (secondary N) is 1. The average Bonchev–Trinajstić information content (AvgIpc) is 2.25. The van der Waals surface area contributed by atoms with Gasteiger partial charge in [-0.15, -0.1) is 0 Å². The van der Waals surface area contributed by atoms with E-state index in [-0.39, 0.29) is 18.6 Å². The fourth-order valence-electron chi connectivity index (χ4n) is 1.31. The van der Waals surface area contributed by atoms with Gasteiger partial charge in [-0.05, 0) is 25.7 Å². The van der Waals surface area contributed by atoms with Crippen LogP contribution >= 0.6 is 0 Å². The zero-order valence-corrected chi connectivity index (χ0v) is 9.67. The summed E-state index contributed by atoms with van der Waals surface area (Å²) in [4.78, 5) is 11.4. The second kappa shape index (κ2) is 9.93. The van der Waals surface area contributed by atoms with Crippen LogP contribution in [0.5, 0.6) is 0 Å². The van der Waals surface area contributed by atoms with E-state index < -0.39 is 0 Å². The highest BCUT2D eigenvalue weighted by Gasteiger charge is 2.11. The Bertz CT molecular complexity index is 163. The van der Waals surface area contributed by atoms with E-state index in [1.54, 1.807) is 0 Å². The van der Waals surface area contributed by atoms with Crippen molar-refractivity contribution >= 4 is 5.91 Å². The highest BCUT2D eigenvalue weighted by Crippen LogP contribution is 1.98. The molecule has 0 radical (unpaired) electrons. The van der Waals surface area contributed by atoms with Gasteiger partial charge >= 0.3 is 0 Å². The van der Waals surface area contributed by atoms with Gasteiger partial charge in [-0.2, -0.15) is 0 Å². The van der Waals surface area contributed by atoms with Crippen molar-refractivity contribution in [3.8, 4) is 0 Å². The van der Waals surface area contributed by atoms with E-state index in [1.807, 2.05) is 0 Å². The van der Waals surface area contributed by atoms with Crippen LogP contribution in [0.25, 0.3) is 0 Å². The lowest BCUT2D eigenvalue weighted by molar-refractivity contribution is -0.122. The van der Waals surface area contributed by atoms with Crippen LogP contribution < -0.4 is 11.1 Å². The predicted octanol–water partition coefficient (Wildman–Crippen LogP) is 0.783. The molecule has 0 rings (SSSR count). The molecule has 0 aromatic heterocycles. The first-order chi connectivity index (χ1) is 7.22. The van der Waals surface area contributed by atoms with E-state index in [9.17, 15) is 4.79 Å². The molecule has 90 valence electrons. The van der Waals surface area contributed by atoms with Gasteiger partial charge < -0.3 is 16.2 Å². The van der Waals surface area contributed by atoms with Gasteiger partial charge in [0.15, 0.2) is 0 Å². The second-order valence-electron chi connectivity index (χ2n) is 3.82. The fourth-order valence-corrected chi connectivity index (χ4v) is 1.31. The maximum absolute atomic E-state index is 11.4. The topological polar surface area (TPSA) is 75.4 Å². The molecule has 4 heteroatoms. The van der Waals surface area contributed by atoms with Crippen molar-refractivity contribution in [2.45, 2.75) is 51.5 Å². The van der Waals surface area contributed by atoms with Gasteiger partial charge in [0.2, 0.25) is 5.91 Å². The SMILES string of the molecule is CCCC[C@H](N)C(=O)NCCCCCO. The second-order valence-corrected chi connectivity index (χ2v) is 3.82. The zero-order valence-electron chi connectivity index (χ0n) is 9.67. The lowest BCUT2D eigenvalue weighted by Crippen LogP contribution is -2.40. The summed E-state index contributed by atoms with van der Waals surface area (Å²) < 4.78 is 0. The normalized spacial score (nSPS) is 12.5. The molecule has 0 aliphatic rings. The van der Waals surface area contributed by atoms with E-state index in [4.69, 9.17) is 10.8 Å². The molecule has 0 unspecified atom stereocenters. The van der Waals surface area contributed by atoms with Crippen LogP contribution in [0.4, 0.5) is 0 Å². The molecule has 0 saturated carbocycles. The minimum absolute atomic E-state index is 0.0487. The number of carbonyl (C=O) groups is 1. The van der Waals surface area contributed by atoms with Crippen molar-refractivity contribution in [3.05, 3.63) is 0 Å². The molecule has 1 amide bonds. The first-order valence-corrected chi connectivity index (χ1v) is 5.86. The van der Waals surface area contributed by atoms with Crippen LogP contribution in [0.2, 0.25) is 0 Å². The summed E-state index contributed by atoms with van der Waals surface area (Å²) in [6.45, 7) is 2.97. The predicted molar refractivity (Wildman–Crippen MR) is 61.4 cm³/mol. The monoisotopic (exact) mass is 216 g/mol. The number of aliphatic hydroxyl groups is 1. The lowest BCUT2D eigenvalue weighted by Gasteiger charge is -2.11. The van der Waals surface area contributed by atoms with Crippen LogP contribution in [0.15, 0.2) is 0 Å². The van der Waals surface area contributed by atoms with Crippen LogP contribution in [0.1, 0.15) is 45.4 Å². The maximum Gasteiger partial charge on any atom is 0.236 e. The first-order valence-electron chi connectivity index (χ1n) is 5.86. The van der Waals surface area contributed by atoms with E-state index in [0.717, 1.165) is 38.5 Å². The van der Waals surface area contributed by atoms with Gasteiger partial charge in [-0.25, -0.2) is 0 Å². The smallest absolute Gasteiger partial charge is 0.236 e. The molecule has 0 saturated heterocycles. The molecule has 0 bridgehead atoms. The summed E-state index contributed by atoms with van der Waals surface area (Å²) in [5.74, 6) is -0.0487. The van der Waals surface area contributed by atoms with Crippen molar-refractivity contribution in [2.24, 2.45) is 5.73 Å². The van der Waals surface area contributed by atoms with E-state index >= 15 is 0 Å². The van der Waals surface area contributed by atoms with Gasteiger partial charge in [0.25, 0.3) is 0 Å². The van der Waals surface area contributed by atoms with Crippen LogP contribution in [0.3, 0.4) is 0 Å². The summed E-state index contributed by atoms with van der Waals surface area (Å²) >= 11 is 0. The maximum atomic E-state index is 11.4. The molecule has 0 fully saturated rings. The lowest BCUT2D eigenvalue weighted by atomic mass is 10.1. The standard InChI is InChI=1S/C11H24N2O2/c1-2-3-7-10(12)11(15)13-8-5-4-6-9-14/h10,14H,2-9,12H2,1H3,(H,13,15)/t10-/m0/s1. The Balaban J connectivity index is 3.38. The summed E-state index contributed by atoms with van der Waals surface area (Å²) in [7, 11) is 0. The van der Waals surface area contributed by atoms with Crippen molar-refractivity contribution < 1.29 is 9.90 Å². The van der Waals surface area contributed by atoms with E-state index in [1.165, 1.54) is 0 Å². The molecule has 4 nitrogen and oxygen atoms in total. The van der Waals surface area contributed by atoms with Crippen molar-refractivity contribution in [2.75, 3.05) is 13.2 Å². The van der Waals surface area contributed by atoms with Gasteiger partial charge in [0.05, 0.1) is 6.04 Å². The summed E-state index contributed by atoms with van der Waals surface area (Å²) in [6, 6.07) is -0.359. The number of carbonyl (C=O) groups excluding carboxylic acids is 1. The van der Waals surface area contributed by atoms with Gasteiger partial charge in [0.1, 0.15) is 0 Å². The largest absolute Gasteiger partial charge is 0.396 e. The molecule has 0 aromatic carbocycles. The minimum atomic E-state index is -0.359. The molecule has 1 atom stereocenters. The average molecular weight is 216 g/mol. The number of rotatable bonds is 9. The summed E-state index contributed by atoms with van der Waals surface area (Å²) in [5, 5.41) is 11.4. The number of aliphatic hydroxyl groups excluding tert-OH is 1. The molecule has 0 aliphatic heterocycles. The fraction of sp³-hybridized carbons (Fsp3) is 0.909. The Morgan fingerprint density at radius 2 is 2.07 bits per heavy atom. The molecule has 0 aliphatic carbocycles. The first kappa shape index (κ1) is 14.4. The Morgan fingerprint density at radius 3 is 2.67 bits per heavy atom. The molecule has 0 spiro atoms. The number of nitrogens with two attached hydrogens (primary N) is 1. The highest BCUT2D eigenvalue weighted by atomic mass is 16.2. The van der Waals surface area contributed by atoms with Crippen molar-refractivity contribution in [1.82, 2.24) is 5.32 Å².